The molecule has 0 bridgehead atoms. The van der Waals surface area contributed by atoms with Crippen LogP contribution < -0.4 is 5.43 Å². The molecule has 9 heteroatoms. The number of amides is 2. The molecule has 1 unspecified atom stereocenters. The van der Waals surface area contributed by atoms with Crippen molar-refractivity contribution in [2.45, 2.75) is 84.5 Å². The molecule has 0 aliphatic heterocycles. The van der Waals surface area contributed by atoms with Gasteiger partial charge in [-0.15, -0.1) is 0 Å². The summed E-state index contributed by atoms with van der Waals surface area (Å²) in [5, 5.41) is 0.625. The fourth-order valence-corrected chi connectivity index (χ4v) is 2.64. The van der Waals surface area contributed by atoms with Gasteiger partial charge < -0.3 is 14.2 Å². The van der Waals surface area contributed by atoms with Gasteiger partial charge in [0.1, 0.15) is 11.2 Å². The van der Waals surface area contributed by atoms with E-state index in [-0.39, 0.29) is 19.4 Å². The molecule has 1 fully saturated rings. The van der Waals surface area contributed by atoms with E-state index in [4.69, 9.17) is 14.2 Å². The van der Waals surface area contributed by atoms with Crippen LogP contribution in [-0.4, -0.2) is 52.3 Å². The third-order valence-electron chi connectivity index (χ3n) is 3.58. The molecule has 0 aromatic carbocycles. The number of ether oxygens (including phenoxy) is 3. The summed E-state index contributed by atoms with van der Waals surface area (Å²) in [5.74, 6) is -1.43. The standard InChI is InChI=1S/C18H30N2O7/c1-8-25-13(22)18(11-9-10-12(18)21)20(15(24)27-17(5,6)7)19-14(23)26-16(2,3)4/h8-11H2,1-7H3,(H,19,23). The highest BCUT2D eigenvalue weighted by Gasteiger charge is 2.58. The number of Topliss-reactive ketones (excluding diaryl/α,β-unsaturated/α-hetero) is 1. The first-order valence-electron chi connectivity index (χ1n) is 8.96. The zero-order valence-electron chi connectivity index (χ0n) is 17.1. The van der Waals surface area contributed by atoms with E-state index in [1.807, 2.05) is 0 Å². The summed E-state index contributed by atoms with van der Waals surface area (Å²) in [4.78, 5) is 50.4. The van der Waals surface area contributed by atoms with Crippen LogP contribution in [0.3, 0.4) is 0 Å². The van der Waals surface area contributed by atoms with E-state index in [1.54, 1.807) is 48.5 Å². The zero-order chi connectivity index (χ0) is 21.0. The van der Waals surface area contributed by atoms with Crippen LogP contribution in [0, 0.1) is 0 Å². The molecule has 1 rings (SSSR count). The van der Waals surface area contributed by atoms with Crippen LogP contribution in [0.5, 0.6) is 0 Å². The number of hydrogen-bond acceptors (Lipinski definition) is 7. The van der Waals surface area contributed by atoms with E-state index in [2.05, 4.69) is 5.43 Å². The Labute approximate surface area is 159 Å². The topological polar surface area (TPSA) is 111 Å². The summed E-state index contributed by atoms with van der Waals surface area (Å²) in [6.07, 6.45) is -1.57. The summed E-state index contributed by atoms with van der Waals surface area (Å²) in [6, 6.07) is 0. The van der Waals surface area contributed by atoms with Gasteiger partial charge >= 0.3 is 18.2 Å². The lowest BCUT2D eigenvalue weighted by Crippen LogP contribution is -2.67. The fourth-order valence-electron chi connectivity index (χ4n) is 2.64. The minimum atomic E-state index is -1.98. The summed E-state index contributed by atoms with van der Waals surface area (Å²) in [6.45, 7) is 11.4. The Morgan fingerprint density at radius 2 is 1.63 bits per heavy atom. The normalized spacial score (nSPS) is 20.0. The van der Waals surface area contributed by atoms with Crippen molar-refractivity contribution in [3.05, 3.63) is 0 Å². The van der Waals surface area contributed by atoms with E-state index in [9.17, 15) is 19.2 Å². The minimum absolute atomic E-state index is 0.0136. The van der Waals surface area contributed by atoms with Gasteiger partial charge in [-0.05, 0) is 61.3 Å². The number of carbonyl (C=O) groups excluding carboxylic acids is 4. The Hall–Kier alpha value is -2.32. The quantitative estimate of drug-likeness (QED) is 0.343. The van der Waals surface area contributed by atoms with Gasteiger partial charge in [0, 0.05) is 6.42 Å². The van der Waals surface area contributed by atoms with Crippen molar-refractivity contribution >= 4 is 23.9 Å². The summed E-state index contributed by atoms with van der Waals surface area (Å²) in [5.41, 5.74) is -1.51. The van der Waals surface area contributed by atoms with Crippen LogP contribution in [-0.2, 0) is 23.8 Å². The van der Waals surface area contributed by atoms with Gasteiger partial charge in [0.25, 0.3) is 0 Å². The first-order valence-corrected chi connectivity index (χ1v) is 8.96. The van der Waals surface area contributed by atoms with Crippen molar-refractivity contribution in [3.8, 4) is 0 Å². The Morgan fingerprint density at radius 3 is 2.04 bits per heavy atom. The summed E-state index contributed by atoms with van der Waals surface area (Å²) >= 11 is 0. The molecule has 0 saturated heterocycles. The van der Waals surface area contributed by atoms with Gasteiger partial charge in [-0.25, -0.2) is 19.8 Å². The maximum atomic E-state index is 12.8. The average molecular weight is 386 g/mol. The molecular weight excluding hydrogens is 356 g/mol. The predicted octanol–water partition coefficient (Wildman–Crippen LogP) is 2.72. The van der Waals surface area contributed by atoms with Crippen molar-refractivity contribution in [2.24, 2.45) is 0 Å². The summed E-state index contributed by atoms with van der Waals surface area (Å²) in [7, 11) is 0. The molecule has 0 heterocycles. The lowest BCUT2D eigenvalue weighted by molar-refractivity contribution is -0.163. The number of esters is 1. The fraction of sp³-hybridized carbons (Fsp3) is 0.778. The van der Waals surface area contributed by atoms with Crippen LogP contribution in [0.15, 0.2) is 0 Å². The van der Waals surface area contributed by atoms with Crippen molar-refractivity contribution in [1.29, 1.82) is 0 Å². The largest absolute Gasteiger partial charge is 0.464 e. The lowest BCUT2D eigenvalue weighted by atomic mass is 9.95. The number of rotatable bonds is 3. The maximum Gasteiger partial charge on any atom is 0.430 e. The zero-order valence-corrected chi connectivity index (χ0v) is 17.1. The van der Waals surface area contributed by atoms with Gasteiger partial charge in [-0.3, -0.25) is 4.79 Å². The molecule has 1 saturated carbocycles. The first kappa shape index (κ1) is 22.7. The van der Waals surface area contributed by atoms with Crippen LogP contribution in [0.2, 0.25) is 0 Å². The monoisotopic (exact) mass is 386 g/mol. The molecule has 0 spiro atoms. The number of nitrogens with one attached hydrogen (secondary N) is 1. The van der Waals surface area contributed by atoms with Gasteiger partial charge in [0.2, 0.25) is 5.54 Å². The van der Waals surface area contributed by atoms with Gasteiger partial charge in [-0.2, -0.15) is 5.01 Å². The smallest absolute Gasteiger partial charge is 0.430 e. The Balaban J connectivity index is 3.31. The number of hydrazine groups is 1. The molecule has 0 aromatic rings. The number of nitrogens with zero attached hydrogens (tertiary/aromatic N) is 1. The average Bonchev–Trinajstić information content (AvgIpc) is 2.83. The molecule has 154 valence electrons. The molecular formula is C18H30N2O7. The number of carbonyl (C=O) groups is 4. The number of ketones is 1. The van der Waals surface area contributed by atoms with E-state index < -0.39 is 40.7 Å². The van der Waals surface area contributed by atoms with Crippen LogP contribution in [0.1, 0.15) is 67.7 Å². The second kappa shape index (κ2) is 8.14. The Kier molecular flexibility index (Phi) is 6.85. The summed E-state index contributed by atoms with van der Waals surface area (Å²) < 4.78 is 15.5. The van der Waals surface area contributed by atoms with Crippen molar-refractivity contribution < 1.29 is 33.4 Å². The number of hydrogen-bond donors (Lipinski definition) is 1. The molecule has 1 aliphatic carbocycles. The third-order valence-corrected chi connectivity index (χ3v) is 3.58. The van der Waals surface area contributed by atoms with Crippen LogP contribution in [0.4, 0.5) is 9.59 Å². The van der Waals surface area contributed by atoms with E-state index >= 15 is 0 Å². The molecule has 1 N–H and O–H groups in total. The molecule has 9 nitrogen and oxygen atoms in total. The molecule has 0 radical (unpaired) electrons. The molecule has 2 amide bonds. The second-order valence-corrected chi connectivity index (χ2v) is 8.29. The van der Waals surface area contributed by atoms with Crippen molar-refractivity contribution in [2.75, 3.05) is 6.61 Å². The first-order chi connectivity index (χ1) is 12.2. The van der Waals surface area contributed by atoms with Crippen LogP contribution >= 0.6 is 0 Å². The lowest BCUT2D eigenvalue weighted by Gasteiger charge is -2.38. The molecule has 27 heavy (non-hydrogen) atoms. The maximum absolute atomic E-state index is 12.8. The third kappa shape index (κ3) is 5.83. The molecule has 1 atom stereocenters. The Bertz CT molecular complexity index is 604. The second-order valence-electron chi connectivity index (χ2n) is 8.29. The van der Waals surface area contributed by atoms with Crippen molar-refractivity contribution in [1.82, 2.24) is 10.4 Å². The Morgan fingerprint density at radius 1 is 1.07 bits per heavy atom. The van der Waals surface area contributed by atoms with Gasteiger partial charge in [0.05, 0.1) is 6.61 Å². The molecule has 1 aliphatic rings. The van der Waals surface area contributed by atoms with Gasteiger partial charge in [-0.1, -0.05) is 0 Å². The van der Waals surface area contributed by atoms with E-state index in [1.165, 1.54) is 0 Å². The van der Waals surface area contributed by atoms with Crippen molar-refractivity contribution in [3.63, 3.8) is 0 Å². The van der Waals surface area contributed by atoms with E-state index in [0.29, 0.717) is 11.4 Å². The molecule has 0 aromatic heterocycles. The SMILES string of the molecule is CCOC(=O)C1(N(NC(=O)OC(C)(C)C)C(=O)OC(C)(C)C)CCCC1=O. The highest BCUT2D eigenvalue weighted by Crippen LogP contribution is 2.34. The van der Waals surface area contributed by atoms with Crippen LogP contribution in [0.25, 0.3) is 0 Å². The van der Waals surface area contributed by atoms with Gasteiger partial charge in [0.15, 0.2) is 5.78 Å². The van der Waals surface area contributed by atoms with E-state index in [0.717, 1.165) is 0 Å². The minimum Gasteiger partial charge on any atom is -0.464 e. The predicted molar refractivity (Wildman–Crippen MR) is 95.7 cm³/mol. The highest BCUT2D eigenvalue weighted by molar-refractivity contribution is 6.12. The highest BCUT2D eigenvalue weighted by atomic mass is 16.6.